The Hall–Kier alpha value is -3.25. The van der Waals surface area contributed by atoms with Crippen LogP contribution in [0.3, 0.4) is 0 Å². The minimum absolute atomic E-state index is 0.0485. The second-order valence-corrected chi connectivity index (χ2v) is 9.55. The van der Waals surface area contributed by atoms with Gasteiger partial charge in [0.15, 0.2) is 11.6 Å². The molecule has 0 aromatic heterocycles. The predicted octanol–water partition coefficient (Wildman–Crippen LogP) is 2.60. The first-order valence-corrected chi connectivity index (χ1v) is 11.0. The molecule has 0 aliphatic carbocycles. The van der Waals surface area contributed by atoms with E-state index in [0.29, 0.717) is 13.0 Å². The highest BCUT2D eigenvalue weighted by atomic mass is 16.6. The van der Waals surface area contributed by atoms with Crippen molar-refractivity contribution in [2.75, 3.05) is 18.5 Å². The standard InChI is InChI=1S/C24H29N3O6/c1-5-10-24-16(12-31-13-19(24)32-21(25)29)18(27(24)22(30)33-23(2,3)4)11-15-14-8-6-7-9-17(14)26-20(15)28/h6-9,15-16,18-19H,11-13H2,1-4H3,(H2,25,29)(H,26,28). The van der Waals surface area contributed by atoms with E-state index < -0.39 is 41.4 Å². The fraction of sp³-hybridized carbons (Fsp3) is 0.542. The van der Waals surface area contributed by atoms with Crippen LogP contribution in [0.4, 0.5) is 15.3 Å². The number of nitrogens with zero attached hydrogens (tertiary/aromatic N) is 1. The highest BCUT2D eigenvalue weighted by Gasteiger charge is 2.69. The number of para-hydroxylation sites is 1. The molecule has 1 aromatic carbocycles. The van der Waals surface area contributed by atoms with Crippen LogP contribution >= 0.6 is 0 Å². The molecule has 0 radical (unpaired) electrons. The van der Waals surface area contributed by atoms with Gasteiger partial charge in [-0.2, -0.15) is 0 Å². The molecule has 3 N–H and O–H groups in total. The van der Waals surface area contributed by atoms with E-state index in [0.717, 1.165) is 11.3 Å². The number of carbonyl (C=O) groups is 3. The third-order valence-corrected chi connectivity index (χ3v) is 6.38. The average molecular weight is 456 g/mol. The van der Waals surface area contributed by atoms with Crippen LogP contribution in [-0.2, 0) is 19.0 Å². The lowest BCUT2D eigenvalue weighted by molar-refractivity contribution is -0.215. The maximum absolute atomic E-state index is 13.4. The van der Waals surface area contributed by atoms with Crippen LogP contribution in [0.2, 0.25) is 0 Å². The van der Waals surface area contributed by atoms with Crippen molar-refractivity contribution in [2.45, 2.75) is 63.3 Å². The first kappa shape index (κ1) is 22.9. The molecule has 3 heterocycles. The summed E-state index contributed by atoms with van der Waals surface area (Å²) in [5, 5.41) is 2.91. The fourth-order valence-electron chi connectivity index (χ4n) is 5.22. The second kappa shape index (κ2) is 8.27. The normalized spacial score (nSPS) is 30.1. The van der Waals surface area contributed by atoms with Gasteiger partial charge in [-0.05, 0) is 45.7 Å². The van der Waals surface area contributed by atoms with E-state index >= 15 is 0 Å². The molecule has 176 valence electrons. The van der Waals surface area contributed by atoms with E-state index in [1.54, 1.807) is 27.7 Å². The molecule has 9 nitrogen and oxygen atoms in total. The van der Waals surface area contributed by atoms with Gasteiger partial charge in [0.1, 0.15) is 5.60 Å². The van der Waals surface area contributed by atoms with Gasteiger partial charge in [-0.3, -0.25) is 9.69 Å². The largest absolute Gasteiger partial charge is 0.444 e. The number of anilines is 1. The van der Waals surface area contributed by atoms with Gasteiger partial charge in [0.25, 0.3) is 0 Å². The van der Waals surface area contributed by atoms with E-state index in [4.69, 9.17) is 19.9 Å². The van der Waals surface area contributed by atoms with Gasteiger partial charge < -0.3 is 25.3 Å². The molecule has 1 aromatic rings. The third kappa shape index (κ3) is 3.89. The number of primary amides is 1. The molecule has 2 fully saturated rings. The molecule has 0 spiro atoms. The number of benzene rings is 1. The SMILES string of the molecule is CC#CC12C(OC(N)=O)COCC1C(CC1C(=O)Nc3ccccc31)N2C(=O)OC(C)(C)C. The third-order valence-electron chi connectivity index (χ3n) is 6.38. The van der Waals surface area contributed by atoms with E-state index in [2.05, 4.69) is 17.2 Å². The number of fused-ring (bicyclic) bond motifs is 2. The van der Waals surface area contributed by atoms with Crippen LogP contribution in [0.1, 0.15) is 45.6 Å². The first-order valence-electron chi connectivity index (χ1n) is 11.0. The molecular weight excluding hydrogens is 426 g/mol. The number of nitrogens with two attached hydrogens (primary N) is 1. The smallest absolute Gasteiger partial charge is 0.411 e. The molecule has 0 bridgehead atoms. The molecule has 3 amide bonds. The summed E-state index contributed by atoms with van der Waals surface area (Å²) in [6.45, 7) is 7.33. The monoisotopic (exact) mass is 455 g/mol. The van der Waals surface area contributed by atoms with Crippen molar-refractivity contribution in [1.29, 1.82) is 0 Å². The van der Waals surface area contributed by atoms with E-state index in [9.17, 15) is 14.4 Å². The number of rotatable bonds is 3. The van der Waals surface area contributed by atoms with Crippen LogP contribution in [0, 0.1) is 17.8 Å². The Morgan fingerprint density at radius 2 is 2.03 bits per heavy atom. The van der Waals surface area contributed by atoms with Crippen molar-refractivity contribution in [3.63, 3.8) is 0 Å². The van der Waals surface area contributed by atoms with Crippen molar-refractivity contribution in [2.24, 2.45) is 11.7 Å². The Morgan fingerprint density at radius 3 is 2.70 bits per heavy atom. The summed E-state index contributed by atoms with van der Waals surface area (Å²) < 4.78 is 16.8. The van der Waals surface area contributed by atoms with Crippen LogP contribution in [0.25, 0.3) is 0 Å². The fourth-order valence-corrected chi connectivity index (χ4v) is 5.22. The lowest BCUT2D eigenvalue weighted by Crippen LogP contribution is -2.82. The van der Waals surface area contributed by atoms with E-state index in [-0.39, 0.29) is 18.4 Å². The van der Waals surface area contributed by atoms with Gasteiger partial charge in [0, 0.05) is 17.6 Å². The maximum atomic E-state index is 13.4. The Bertz CT molecular complexity index is 1040. The summed E-state index contributed by atoms with van der Waals surface area (Å²) in [7, 11) is 0. The van der Waals surface area contributed by atoms with Crippen LogP contribution in [-0.4, -0.2) is 59.5 Å². The molecule has 3 aliphatic rings. The van der Waals surface area contributed by atoms with Crippen LogP contribution in [0.5, 0.6) is 0 Å². The van der Waals surface area contributed by atoms with Crippen molar-refractivity contribution in [3.05, 3.63) is 29.8 Å². The van der Waals surface area contributed by atoms with Gasteiger partial charge in [-0.25, -0.2) is 9.59 Å². The van der Waals surface area contributed by atoms with Gasteiger partial charge in [-0.1, -0.05) is 24.1 Å². The molecule has 5 atom stereocenters. The Labute approximate surface area is 192 Å². The number of nitrogens with one attached hydrogen (secondary N) is 1. The molecule has 5 unspecified atom stereocenters. The minimum Gasteiger partial charge on any atom is -0.444 e. The number of hydrogen-bond donors (Lipinski definition) is 2. The molecule has 2 saturated heterocycles. The summed E-state index contributed by atoms with van der Waals surface area (Å²) in [5.41, 5.74) is 5.07. The lowest BCUT2D eigenvalue weighted by atomic mass is 9.62. The summed E-state index contributed by atoms with van der Waals surface area (Å²) >= 11 is 0. The van der Waals surface area contributed by atoms with Gasteiger partial charge >= 0.3 is 12.2 Å². The number of hydrogen-bond acceptors (Lipinski definition) is 6. The van der Waals surface area contributed by atoms with E-state index in [1.165, 1.54) is 4.90 Å². The van der Waals surface area contributed by atoms with Crippen molar-refractivity contribution in [3.8, 4) is 11.8 Å². The molecule has 4 rings (SSSR count). The van der Waals surface area contributed by atoms with Crippen molar-refractivity contribution < 1.29 is 28.6 Å². The molecule has 0 saturated carbocycles. The summed E-state index contributed by atoms with van der Waals surface area (Å²) in [6.07, 6.45) is -2.09. The minimum atomic E-state index is -1.15. The van der Waals surface area contributed by atoms with Crippen molar-refractivity contribution in [1.82, 2.24) is 4.90 Å². The van der Waals surface area contributed by atoms with Crippen LogP contribution in [0.15, 0.2) is 24.3 Å². The number of amides is 3. The molecule has 33 heavy (non-hydrogen) atoms. The first-order chi connectivity index (χ1) is 15.6. The van der Waals surface area contributed by atoms with Crippen LogP contribution < -0.4 is 11.1 Å². The zero-order chi connectivity index (χ0) is 24.0. The quantitative estimate of drug-likeness (QED) is 0.676. The summed E-state index contributed by atoms with van der Waals surface area (Å²) in [5.74, 6) is 5.14. The molecule has 9 heteroatoms. The second-order valence-electron chi connectivity index (χ2n) is 9.55. The Kier molecular flexibility index (Phi) is 5.74. The zero-order valence-electron chi connectivity index (χ0n) is 19.2. The maximum Gasteiger partial charge on any atom is 0.411 e. The van der Waals surface area contributed by atoms with Crippen molar-refractivity contribution >= 4 is 23.8 Å². The topological polar surface area (TPSA) is 120 Å². The Morgan fingerprint density at radius 1 is 1.30 bits per heavy atom. The number of ether oxygens (including phenoxy) is 3. The van der Waals surface area contributed by atoms with Gasteiger partial charge in [-0.15, -0.1) is 5.92 Å². The van der Waals surface area contributed by atoms with Gasteiger partial charge in [0.05, 0.1) is 19.1 Å². The highest BCUT2D eigenvalue weighted by Crippen LogP contribution is 2.52. The summed E-state index contributed by atoms with van der Waals surface area (Å²) in [4.78, 5) is 39.4. The number of likely N-dealkylation sites (tertiary alicyclic amines) is 1. The lowest BCUT2D eigenvalue weighted by Gasteiger charge is -2.64. The zero-order valence-corrected chi connectivity index (χ0v) is 19.2. The highest BCUT2D eigenvalue weighted by molar-refractivity contribution is 6.02. The average Bonchev–Trinajstić information content (AvgIpc) is 3.02. The molecular formula is C24H29N3O6. The van der Waals surface area contributed by atoms with Gasteiger partial charge in [0.2, 0.25) is 5.91 Å². The predicted molar refractivity (Wildman–Crippen MR) is 119 cm³/mol. The molecule has 3 aliphatic heterocycles. The van der Waals surface area contributed by atoms with E-state index in [1.807, 2.05) is 24.3 Å². The Balaban J connectivity index is 1.73. The summed E-state index contributed by atoms with van der Waals surface area (Å²) in [6, 6.07) is 7.09. The number of carbonyl (C=O) groups excluding carboxylic acids is 3.